The Bertz CT molecular complexity index is 1610. The molecule has 11 nitrogen and oxygen atoms in total. The monoisotopic (exact) mass is 510 g/mol. The number of para-hydroxylation sites is 4. The lowest BCUT2D eigenvalue weighted by Gasteiger charge is -2.10. The number of fused-ring (bicyclic) bond motifs is 2. The molecule has 0 atom stereocenters. The van der Waals surface area contributed by atoms with E-state index >= 15 is 0 Å². The maximum atomic E-state index is 11.9. The van der Waals surface area contributed by atoms with E-state index in [-0.39, 0.29) is 25.1 Å². The molecule has 0 saturated carbocycles. The molecule has 0 spiro atoms. The van der Waals surface area contributed by atoms with Crippen LogP contribution >= 0.6 is 0 Å². The van der Waals surface area contributed by atoms with E-state index in [1.54, 1.807) is 62.4 Å². The molecule has 2 heterocycles. The van der Waals surface area contributed by atoms with Crippen LogP contribution in [0.3, 0.4) is 0 Å². The number of esters is 1. The zero-order chi connectivity index (χ0) is 26.9. The summed E-state index contributed by atoms with van der Waals surface area (Å²) in [6, 6.07) is 14.2. The normalized spacial score (nSPS) is 10.9. The average molecular weight is 511 g/mol. The van der Waals surface area contributed by atoms with E-state index in [1.165, 1.54) is 9.13 Å². The lowest BCUT2D eigenvalue weighted by atomic mass is 10.2. The zero-order valence-electron chi connectivity index (χ0n) is 20.7. The highest BCUT2D eigenvalue weighted by atomic mass is 16.5. The molecule has 0 aliphatic carbocycles. The van der Waals surface area contributed by atoms with Crippen molar-refractivity contribution in [2.75, 3.05) is 13.2 Å². The number of aromatic nitrogens is 4. The Labute approximate surface area is 211 Å². The molecular weight excluding hydrogens is 480 g/mol. The van der Waals surface area contributed by atoms with Crippen molar-refractivity contribution in [2.24, 2.45) is 5.92 Å². The fourth-order valence-corrected chi connectivity index (χ4v) is 3.68. The van der Waals surface area contributed by atoms with Gasteiger partial charge in [-0.05, 0) is 37.1 Å². The van der Waals surface area contributed by atoms with Gasteiger partial charge >= 0.3 is 28.2 Å². The van der Waals surface area contributed by atoms with Gasteiger partial charge in [-0.1, -0.05) is 38.1 Å². The van der Waals surface area contributed by atoms with Crippen molar-refractivity contribution >= 4 is 28.0 Å². The number of ether oxygens (including phenoxy) is 1. The van der Waals surface area contributed by atoms with Crippen molar-refractivity contribution in [3.63, 3.8) is 0 Å². The molecule has 0 fully saturated rings. The first-order valence-corrected chi connectivity index (χ1v) is 12.0. The SMILES string of the molecule is CC(C)C(=O)OCCCn1c(=O)c(=O)[nH]c2ccccc21.O=c1[nH]c2ccccc2n(CCCO)c1=O. The molecular formula is C26H30N4O7. The van der Waals surface area contributed by atoms with E-state index in [4.69, 9.17) is 9.84 Å². The minimum Gasteiger partial charge on any atom is -0.465 e. The van der Waals surface area contributed by atoms with E-state index < -0.39 is 22.2 Å². The lowest BCUT2D eigenvalue weighted by molar-refractivity contribution is -0.147. The van der Waals surface area contributed by atoms with Crippen LogP contribution in [0, 0.1) is 5.92 Å². The number of H-pyrrole nitrogens is 2. The number of carbonyl (C=O) groups is 1. The lowest BCUT2D eigenvalue weighted by Crippen LogP contribution is -2.36. The Morgan fingerprint density at radius 3 is 1.73 bits per heavy atom. The third-order valence-electron chi connectivity index (χ3n) is 5.55. The van der Waals surface area contributed by atoms with Crippen LogP contribution in [0.2, 0.25) is 0 Å². The summed E-state index contributed by atoms with van der Waals surface area (Å²) in [6.07, 6.45) is 0.930. The molecule has 2 aromatic heterocycles. The highest BCUT2D eigenvalue weighted by molar-refractivity contribution is 5.74. The van der Waals surface area contributed by atoms with Crippen molar-refractivity contribution in [2.45, 2.75) is 39.8 Å². The third kappa shape index (κ3) is 6.70. The average Bonchev–Trinajstić information content (AvgIpc) is 2.89. The number of rotatable bonds is 8. The summed E-state index contributed by atoms with van der Waals surface area (Å²) in [7, 11) is 0. The molecule has 11 heteroatoms. The molecule has 37 heavy (non-hydrogen) atoms. The van der Waals surface area contributed by atoms with Crippen molar-refractivity contribution in [1.29, 1.82) is 0 Å². The first kappa shape index (κ1) is 27.3. The Kier molecular flexibility index (Phi) is 9.33. The predicted octanol–water partition coefficient (Wildman–Crippen LogP) is 1.35. The Hall–Kier alpha value is -4.25. The molecule has 0 bridgehead atoms. The maximum Gasteiger partial charge on any atom is 0.316 e. The minimum absolute atomic E-state index is 0.00638. The van der Waals surface area contributed by atoms with Gasteiger partial charge in [0.1, 0.15) is 0 Å². The number of benzene rings is 2. The van der Waals surface area contributed by atoms with Gasteiger partial charge in [-0.3, -0.25) is 24.0 Å². The van der Waals surface area contributed by atoms with Crippen LogP contribution in [0.5, 0.6) is 0 Å². The number of nitrogens with zero attached hydrogens (tertiary/aromatic N) is 2. The van der Waals surface area contributed by atoms with E-state index in [9.17, 15) is 24.0 Å². The molecule has 4 rings (SSSR count). The first-order chi connectivity index (χ1) is 17.7. The summed E-state index contributed by atoms with van der Waals surface area (Å²) >= 11 is 0. The van der Waals surface area contributed by atoms with Crippen LogP contribution in [-0.2, 0) is 22.6 Å². The number of aliphatic hydroxyl groups excluding tert-OH is 1. The second-order valence-electron chi connectivity index (χ2n) is 8.61. The number of hydrogen-bond acceptors (Lipinski definition) is 7. The quantitative estimate of drug-likeness (QED) is 0.183. The first-order valence-electron chi connectivity index (χ1n) is 12.0. The topological polar surface area (TPSA) is 156 Å². The third-order valence-corrected chi connectivity index (χ3v) is 5.55. The van der Waals surface area contributed by atoms with Crippen LogP contribution in [-0.4, -0.2) is 43.4 Å². The summed E-state index contributed by atoms with van der Waals surface area (Å²) < 4.78 is 7.87. The van der Waals surface area contributed by atoms with Gasteiger partial charge < -0.3 is 28.9 Å². The summed E-state index contributed by atoms with van der Waals surface area (Å²) in [5.74, 6) is -0.439. The summed E-state index contributed by atoms with van der Waals surface area (Å²) in [5, 5.41) is 8.76. The van der Waals surface area contributed by atoms with Crippen molar-refractivity contribution in [1.82, 2.24) is 19.1 Å². The van der Waals surface area contributed by atoms with Gasteiger partial charge in [0.05, 0.1) is 34.6 Å². The van der Waals surface area contributed by atoms with Gasteiger partial charge in [-0.25, -0.2) is 0 Å². The molecule has 0 aliphatic rings. The molecule has 4 aromatic rings. The van der Waals surface area contributed by atoms with E-state index in [1.807, 2.05) is 0 Å². The number of aliphatic hydroxyl groups is 1. The van der Waals surface area contributed by atoms with Crippen molar-refractivity contribution in [3.05, 3.63) is 89.9 Å². The van der Waals surface area contributed by atoms with Gasteiger partial charge in [0.25, 0.3) is 0 Å². The number of carbonyl (C=O) groups excluding carboxylic acids is 1. The Morgan fingerprint density at radius 2 is 1.27 bits per heavy atom. The molecule has 0 aliphatic heterocycles. The van der Waals surface area contributed by atoms with Gasteiger partial charge in [0.15, 0.2) is 0 Å². The molecule has 196 valence electrons. The number of aryl methyl sites for hydroxylation is 2. The molecule has 0 saturated heterocycles. The van der Waals surface area contributed by atoms with E-state index in [0.29, 0.717) is 48.0 Å². The van der Waals surface area contributed by atoms with Crippen LogP contribution < -0.4 is 22.2 Å². The van der Waals surface area contributed by atoms with Crippen LogP contribution in [0.1, 0.15) is 26.7 Å². The summed E-state index contributed by atoms with van der Waals surface area (Å²) in [6.45, 7) is 4.42. The number of nitrogens with one attached hydrogen (secondary N) is 2. The summed E-state index contributed by atoms with van der Waals surface area (Å²) in [5.41, 5.74) is 0.143. The van der Waals surface area contributed by atoms with E-state index in [2.05, 4.69) is 9.97 Å². The van der Waals surface area contributed by atoms with Gasteiger partial charge in [0, 0.05) is 19.7 Å². The van der Waals surface area contributed by atoms with Gasteiger partial charge in [-0.2, -0.15) is 0 Å². The van der Waals surface area contributed by atoms with Crippen LogP contribution in [0.15, 0.2) is 67.7 Å². The van der Waals surface area contributed by atoms with Gasteiger partial charge in [0.2, 0.25) is 0 Å². The van der Waals surface area contributed by atoms with Crippen molar-refractivity contribution in [3.8, 4) is 0 Å². The standard InChI is InChI=1S/C15H18N2O4.C11H12N2O3/c1-10(2)15(20)21-9-5-8-17-12-7-4-3-6-11(12)16-13(18)14(17)19;14-7-3-6-13-9-5-2-1-4-8(9)12-10(15)11(13)16/h3-4,6-7,10H,5,8-9H2,1-2H3,(H,16,18);1-2,4-5,14H,3,6-7H2,(H,12,15). The second kappa shape index (κ2) is 12.6. The molecule has 2 aromatic carbocycles. The highest BCUT2D eigenvalue weighted by Gasteiger charge is 2.10. The number of hydrogen-bond donors (Lipinski definition) is 3. The number of aromatic amines is 2. The van der Waals surface area contributed by atoms with Crippen LogP contribution in [0.25, 0.3) is 22.1 Å². The minimum atomic E-state index is -0.645. The fourth-order valence-electron chi connectivity index (χ4n) is 3.68. The Morgan fingerprint density at radius 1 is 0.811 bits per heavy atom. The van der Waals surface area contributed by atoms with Gasteiger partial charge in [-0.15, -0.1) is 0 Å². The van der Waals surface area contributed by atoms with Crippen LogP contribution in [0.4, 0.5) is 0 Å². The molecule has 0 amide bonds. The predicted molar refractivity (Wildman–Crippen MR) is 140 cm³/mol. The highest BCUT2D eigenvalue weighted by Crippen LogP contribution is 2.08. The largest absolute Gasteiger partial charge is 0.465 e. The zero-order valence-corrected chi connectivity index (χ0v) is 20.7. The second-order valence-corrected chi connectivity index (χ2v) is 8.61. The fraction of sp³-hybridized carbons (Fsp3) is 0.346. The summed E-state index contributed by atoms with van der Waals surface area (Å²) in [4.78, 5) is 62.9. The smallest absolute Gasteiger partial charge is 0.316 e. The molecule has 0 unspecified atom stereocenters. The Balaban J connectivity index is 0.000000213. The van der Waals surface area contributed by atoms with Crippen molar-refractivity contribution < 1.29 is 14.6 Å². The molecule has 3 N–H and O–H groups in total. The maximum absolute atomic E-state index is 11.9. The van der Waals surface area contributed by atoms with E-state index in [0.717, 1.165) is 0 Å². The molecule has 0 radical (unpaired) electrons.